The van der Waals surface area contributed by atoms with Gasteiger partial charge in [0.05, 0.1) is 22.5 Å². The Morgan fingerprint density at radius 3 is 2.94 bits per heavy atom. The maximum absolute atomic E-state index is 6.29. The molecule has 2 atom stereocenters. The van der Waals surface area contributed by atoms with Gasteiger partial charge in [0.25, 0.3) is 0 Å². The Kier molecular flexibility index (Phi) is 4.65. The number of nitrogens with zero attached hydrogens (tertiary/aromatic N) is 2. The first-order valence-corrected chi connectivity index (χ1v) is 7.03. The van der Waals surface area contributed by atoms with Crippen molar-refractivity contribution >= 4 is 11.6 Å². The molecular formula is C13H22ClN3O. The van der Waals surface area contributed by atoms with E-state index in [4.69, 9.17) is 16.3 Å². The number of methoxy groups -OCH3 is 1. The highest BCUT2D eigenvalue weighted by Crippen LogP contribution is 2.24. The highest BCUT2D eigenvalue weighted by molar-refractivity contribution is 6.31. The van der Waals surface area contributed by atoms with E-state index in [1.165, 1.54) is 12.8 Å². The summed E-state index contributed by atoms with van der Waals surface area (Å²) in [6, 6.07) is 0.437. The standard InChI is InChI=1S/C13H22ClN3O/c1-4-17-11(13(14)9(2)16-17)8-15-10-6-5-7-12(10)18-3/h10,12,15H,4-8H2,1-3H3. The molecule has 1 N–H and O–H groups in total. The summed E-state index contributed by atoms with van der Waals surface area (Å²) < 4.78 is 7.46. The average molecular weight is 272 g/mol. The Bertz CT molecular complexity index is 405. The molecule has 0 spiro atoms. The van der Waals surface area contributed by atoms with Crippen LogP contribution in [0.1, 0.15) is 37.6 Å². The quantitative estimate of drug-likeness (QED) is 0.894. The maximum Gasteiger partial charge on any atom is 0.0860 e. The number of nitrogens with one attached hydrogen (secondary N) is 1. The van der Waals surface area contributed by atoms with Crippen LogP contribution >= 0.6 is 11.6 Å². The Labute approximate surface area is 114 Å². The Hall–Kier alpha value is -0.580. The normalized spacial score (nSPS) is 23.8. The Morgan fingerprint density at radius 2 is 2.28 bits per heavy atom. The van der Waals surface area contributed by atoms with Gasteiger partial charge in [-0.25, -0.2) is 0 Å². The van der Waals surface area contributed by atoms with Gasteiger partial charge in [0.15, 0.2) is 0 Å². The average Bonchev–Trinajstić information content (AvgIpc) is 2.93. The zero-order chi connectivity index (χ0) is 13.1. The third-order valence-electron chi connectivity index (χ3n) is 3.74. The van der Waals surface area contributed by atoms with Crippen molar-refractivity contribution < 1.29 is 4.74 Å². The fourth-order valence-corrected chi connectivity index (χ4v) is 2.91. The van der Waals surface area contributed by atoms with Crippen molar-refractivity contribution in [2.75, 3.05) is 7.11 Å². The van der Waals surface area contributed by atoms with Crippen LogP contribution in [0.4, 0.5) is 0 Å². The molecule has 2 rings (SSSR count). The summed E-state index contributed by atoms with van der Waals surface area (Å²) in [6.45, 7) is 5.65. The molecule has 0 bridgehead atoms. The topological polar surface area (TPSA) is 39.1 Å². The van der Waals surface area contributed by atoms with Crippen molar-refractivity contribution in [2.24, 2.45) is 0 Å². The third-order valence-corrected chi connectivity index (χ3v) is 4.23. The fourth-order valence-electron chi connectivity index (χ4n) is 2.71. The van der Waals surface area contributed by atoms with E-state index in [1.807, 2.05) is 11.6 Å². The summed E-state index contributed by atoms with van der Waals surface area (Å²) in [6.07, 6.45) is 3.89. The molecule has 1 aliphatic rings. The molecule has 102 valence electrons. The summed E-state index contributed by atoms with van der Waals surface area (Å²) in [4.78, 5) is 0. The van der Waals surface area contributed by atoms with Gasteiger partial charge >= 0.3 is 0 Å². The zero-order valence-corrected chi connectivity index (χ0v) is 12.1. The molecule has 1 heterocycles. The molecule has 2 unspecified atom stereocenters. The largest absolute Gasteiger partial charge is 0.380 e. The molecule has 1 aromatic heterocycles. The number of hydrogen-bond donors (Lipinski definition) is 1. The number of aromatic nitrogens is 2. The van der Waals surface area contributed by atoms with Gasteiger partial charge in [-0.3, -0.25) is 4.68 Å². The van der Waals surface area contributed by atoms with Crippen molar-refractivity contribution in [3.05, 3.63) is 16.4 Å². The maximum atomic E-state index is 6.29. The third kappa shape index (κ3) is 2.71. The highest BCUT2D eigenvalue weighted by Gasteiger charge is 2.27. The van der Waals surface area contributed by atoms with Gasteiger partial charge in [0.1, 0.15) is 0 Å². The van der Waals surface area contributed by atoms with Crippen molar-refractivity contribution in [1.29, 1.82) is 0 Å². The molecule has 0 radical (unpaired) electrons. The van der Waals surface area contributed by atoms with Crippen LogP contribution in [0.2, 0.25) is 5.02 Å². The molecule has 1 saturated carbocycles. The van der Waals surface area contributed by atoms with Gasteiger partial charge in [-0.15, -0.1) is 0 Å². The Morgan fingerprint density at radius 1 is 1.50 bits per heavy atom. The first kappa shape index (κ1) is 13.8. The summed E-state index contributed by atoms with van der Waals surface area (Å²) in [5.41, 5.74) is 1.99. The van der Waals surface area contributed by atoms with E-state index in [9.17, 15) is 0 Å². The van der Waals surface area contributed by atoms with E-state index in [2.05, 4.69) is 17.3 Å². The van der Waals surface area contributed by atoms with Crippen molar-refractivity contribution in [2.45, 2.75) is 58.3 Å². The number of aryl methyl sites for hydroxylation is 2. The molecule has 0 aliphatic heterocycles. The van der Waals surface area contributed by atoms with Crippen LogP contribution in [-0.2, 0) is 17.8 Å². The predicted molar refractivity (Wildman–Crippen MR) is 72.9 cm³/mol. The van der Waals surface area contributed by atoms with Crippen LogP contribution < -0.4 is 5.32 Å². The molecule has 1 aromatic rings. The molecule has 0 saturated heterocycles. The molecule has 1 aliphatic carbocycles. The van der Waals surface area contributed by atoms with Gasteiger partial charge in [-0.05, 0) is 33.1 Å². The van der Waals surface area contributed by atoms with E-state index in [0.717, 1.165) is 35.9 Å². The van der Waals surface area contributed by atoms with Crippen LogP contribution in [0, 0.1) is 6.92 Å². The molecule has 18 heavy (non-hydrogen) atoms. The van der Waals surface area contributed by atoms with E-state index in [1.54, 1.807) is 7.11 Å². The van der Waals surface area contributed by atoms with Crippen molar-refractivity contribution in [1.82, 2.24) is 15.1 Å². The summed E-state index contributed by atoms with van der Waals surface area (Å²) in [5.74, 6) is 0. The van der Waals surface area contributed by atoms with E-state index in [0.29, 0.717) is 12.1 Å². The van der Waals surface area contributed by atoms with Gasteiger partial charge in [0, 0.05) is 26.2 Å². The van der Waals surface area contributed by atoms with Gasteiger partial charge in [0.2, 0.25) is 0 Å². The number of halogens is 1. The molecular weight excluding hydrogens is 250 g/mol. The van der Waals surface area contributed by atoms with Crippen LogP contribution in [-0.4, -0.2) is 29.0 Å². The minimum atomic E-state index is 0.336. The monoisotopic (exact) mass is 271 g/mol. The van der Waals surface area contributed by atoms with Gasteiger partial charge in [-0.1, -0.05) is 11.6 Å². The molecule has 0 aromatic carbocycles. The van der Waals surface area contributed by atoms with Crippen molar-refractivity contribution in [3.63, 3.8) is 0 Å². The minimum Gasteiger partial charge on any atom is -0.380 e. The summed E-state index contributed by atoms with van der Waals surface area (Å²) in [5, 5.41) is 8.77. The summed E-state index contributed by atoms with van der Waals surface area (Å²) in [7, 11) is 1.79. The van der Waals surface area contributed by atoms with E-state index < -0.39 is 0 Å². The van der Waals surface area contributed by atoms with Gasteiger partial charge in [-0.2, -0.15) is 5.10 Å². The lowest BCUT2D eigenvalue weighted by Gasteiger charge is -2.20. The number of hydrogen-bond acceptors (Lipinski definition) is 3. The lowest BCUT2D eigenvalue weighted by molar-refractivity contribution is 0.0845. The highest BCUT2D eigenvalue weighted by atomic mass is 35.5. The predicted octanol–water partition coefficient (Wildman–Crippen LogP) is 2.52. The lowest BCUT2D eigenvalue weighted by atomic mass is 10.2. The number of rotatable bonds is 5. The van der Waals surface area contributed by atoms with Crippen LogP contribution in [0.5, 0.6) is 0 Å². The van der Waals surface area contributed by atoms with Crippen molar-refractivity contribution in [3.8, 4) is 0 Å². The van der Waals surface area contributed by atoms with E-state index in [-0.39, 0.29) is 0 Å². The molecule has 4 nitrogen and oxygen atoms in total. The lowest BCUT2D eigenvalue weighted by Crippen LogP contribution is -2.36. The van der Waals surface area contributed by atoms with Crippen LogP contribution in [0.3, 0.4) is 0 Å². The second kappa shape index (κ2) is 6.04. The van der Waals surface area contributed by atoms with Crippen LogP contribution in [0.15, 0.2) is 0 Å². The fraction of sp³-hybridized carbons (Fsp3) is 0.769. The Balaban J connectivity index is 2.01. The zero-order valence-electron chi connectivity index (χ0n) is 11.4. The second-order valence-corrected chi connectivity index (χ2v) is 5.23. The smallest absolute Gasteiger partial charge is 0.0860 e. The number of ether oxygens (including phenoxy) is 1. The first-order valence-electron chi connectivity index (χ1n) is 6.65. The minimum absolute atomic E-state index is 0.336. The first-order chi connectivity index (χ1) is 8.67. The molecule has 5 heteroatoms. The van der Waals surface area contributed by atoms with E-state index >= 15 is 0 Å². The van der Waals surface area contributed by atoms with Crippen LogP contribution in [0.25, 0.3) is 0 Å². The second-order valence-electron chi connectivity index (χ2n) is 4.85. The van der Waals surface area contributed by atoms with Gasteiger partial charge < -0.3 is 10.1 Å². The SMILES string of the molecule is CCn1nc(C)c(Cl)c1CNC1CCCC1OC. The summed E-state index contributed by atoms with van der Waals surface area (Å²) >= 11 is 6.29. The molecule has 1 fully saturated rings. The molecule has 0 amide bonds.